The molecule has 0 aliphatic carbocycles. The average molecular weight is 206 g/mol. The van der Waals surface area contributed by atoms with Crippen LogP contribution in [-0.4, -0.2) is 6.29 Å². The van der Waals surface area contributed by atoms with Gasteiger partial charge in [0.1, 0.15) is 6.29 Å². The SMILES string of the molecule is CCCC/C=C/C=C/CCC/C=C/C=O. The van der Waals surface area contributed by atoms with Crippen LogP contribution in [0.3, 0.4) is 0 Å². The van der Waals surface area contributed by atoms with E-state index >= 15 is 0 Å². The lowest BCUT2D eigenvalue weighted by atomic mass is 10.2. The van der Waals surface area contributed by atoms with E-state index in [1.807, 2.05) is 6.08 Å². The molecule has 0 aromatic heterocycles. The van der Waals surface area contributed by atoms with Crippen LogP contribution in [0, 0.1) is 0 Å². The Balaban J connectivity index is 3.27. The number of rotatable bonds is 9. The molecule has 1 heteroatoms. The lowest BCUT2D eigenvalue weighted by molar-refractivity contribution is -0.104. The molecule has 84 valence electrons. The first kappa shape index (κ1) is 13.9. The molecule has 0 unspecified atom stereocenters. The maximum absolute atomic E-state index is 9.96. The first-order valence-electron chi connectivity index (χ1n) is 5.83. The van der Waals surface area contributed by atoms with Gasteiger partial charge in [-0.2, -0.15) is 0 Å². The Bertz CT molecular complexity index is 211. The van der Waals surface area contributed by atoms with Crippen LogP contribution in [0.1, 0.15) is 45.4 Å². The second kappa shape index (κ2) is 12.9. The highest BCUT2D eigenvalue weighted by Crippen LogP contribution is 1.99. The molecule has 0 aromatic carbocycles. The van der Waals surface area contributed by atoms with Gasteiger partial charge in [0, 0.05) is 0 Å². The van der Waals surface area contributed by atoms with E-state index in [1.165, 1.54) is 19.3 Å². The molecule has 0 radical (unpaired) electrons. The van der Waals surface area contributed by atoms with Crippen LogP contribution in [-0.2, 0) is 4.79 Å². The summed E-state index contributed by atoms with van der Waals surface area (Å²) in [4.78, 5) is 9.96. The highest BCUT2D eigenvalue weighted by molar-refractivity contribution is 5.64. The van der Waals surface area contributed by atoms with Gasteiger partial charge >= 0.3 is 0 Å². The second-order valence-corrected chi connectivity index (χ2v) is 3.49. The van der Waals surface area contributed by atoms with Crippen molar-refractivity contribution in [1.82, 2.24) is 0 Å². The van der Waals surface area contributed by atoms with Crippen LogP contribution in [0.15, 0.2) is 36.5 Å². The van der Waals surface area contributed by atoms with E-state index in [2.05, 4.69) is 31.2 Å². The zero-order chi connectivity index (χ0) is 11.2. The standard InChI is InChI=1S/C14H22O/c1-2-3-4-5-6-7-8-9-10-11-12-13-14-15/h5-8,12-14H,2-4,9-11H2,1H3/b6-5+,8-7+,13-12+. The van der Waals surface area contributed by atoms with Gasteiger partial charge in [0.05, 0.1) is 0 Å². The van der Waals surface area contributed by atoms with Crippen molar-refractivity contribution in [3.63, 3.8) is 0 Å². The monoisotopic (exact) mass is 206 g/mol. The summed E-state index contributed by atoms with van der Waals surface area (Å²) in [6, 6.07) is 0. The fourth-order valence-corrected chi connectivity index (χ4v) is 1.18. The first-order valence-corrected chi connectivity index (χ1v) is 5.83. The molecule has 15 heavy (non-hydrogen) atoms. The number of carbonyl (C=O) groups excluding carboxylic acids is 1. The Morgan fingerprint density at radius 3 is 1.87 bits per heavy atom. The largest absolute Gasteiger partial charge is 0.299 e. The van der Waals surface area contributed by atoms with Gasteiger partial charge in [0.15, 0.2) is 0 Å². The summed E-state index contributed by atoms with van der Waals surface area (Å²) in [6.45, 7) is 2.20. The molecule has 0 spiro atoms. The highest BCUT2D eigenvalue weighted by Gasteiger charge is 1.79. The van der Waals surface area contributed by atoms with Crippen LogP contribution in [0.2, 0.25) is 0 Å². The molecule has 0 heterocycles. The van der Waals surface area contributed by atoms with Gasteiger partial charge in [-0.25, -0.2) is 0 Å². The third-order valence-electron chi connectivity index (χ3n) is 2.06. The summed E-state index contributed by atoms with van der Waals surface area (Å²) < 4.78 is 0. The third-order valence-corrected chi connectivity index (χ3v) is 2.06. The van der Waals surface area contributed by atoms with E-state index in [0.29, 0.717) is 0 Å². The van der Waals surface area contributed by atoms with Crippen molar-refractivity contribution in [2.75, 3.05) is 0 Å². The lowest BCUT2D eigenvalue weighted by Gasteiger charge is -1.88. The molecule has 0 saturated heterocycles. The molecule has 0 bridgehead atoms. The van der Waals surface area contributed by atoms with Gasteiger partial charge in [-0.3, -0.25) is 4.79 Å². The van der Waals surface area contributed by atoms with E-state index in [9.17, 15) is 4.79 Å². The van der Waals surface area contributed by atoms with Gasteiger partial charge in [-0.15, -0.1) is 0 Å². The topological polar surface area (TPSA) is 17.1 Å². The van der Waals surface area contributed by atoms with Crippen molar-refractivity contribution in [3.8, 4) is 0 Å². The van der Waals surface area contributed by atoms with E-state index in [4.69, 9.17) is 0 Å². The Kier molecular flexibility index (Phi) is 11.9. The molecule has 1 nitrogen and oxygen atoms in total. The predicted octanol–water partition coefficient (Wildman–Crippen LogP) is 4.21. The van der Waals surface area contributed by atoms with Crippen molar-refractivity contribution >= 4 is 6.29 Å². The Hall–Kier alpha value is -1.11. The van der Waals surface area contributed by atoms with Crippen molar-refractivity contribution in [3.05, 3.63) is 36.5 Å². The maximum atomic E-state index is 9.96. The fraction of sp³-hybridized carbons (Fsp3) is 0.500. The Morgan fingerprint density at radius 1 is 0.800 bits per heavy atom. The zero-order valence-electron chi connectivity index (χ0n) is 9.69. The Labute approximate surface area is 93.6 Å². The van der Waals surface area contributed by atoms with E-state index < -0.39 is 0 Å². The van der Waals surface area contributed by atoms with E-state index in [-0.39, 0.29) is 0 Å². The number of unbranched alkanes of at least 4 members (excludes halogenated alkanes) is 4. The maximum Gasteiger partial charge on any atom is 0.142 e. The molecular weight excluding hydrogens is 184 g/mol. The zero-order valence-corrected chi connectivity index (χ0v) is 9.69. The Morgan fingerprint density at radius 2 is 1.33 bits per heavy atom. The summed E-state index contributed by atoms with van der Waals surface area (Å²) in [7, 11) is 0. The number of allylic oxidation sites excluding steroid dienone is 6. The highest BCUT2D eigenvalue weighted by atomic mass is 16.1. The van der Waals surface area contributed by atoms with Gasteiger partial charge in [-0.1, -0.05) is 50.1 Å². The van der Waals surface area contributed by atoms with Crippen molar-refractivity contribution in [2.45, 2.75) is 45.4 Å². The van der Waals surface area contributed by atoms with E-state index in [0.717, 1.165) is 25.5 Å². The van der Waals surface area contributed by atoms with Crippen LogP contribution >= 0.6 is 0 Å². The smallest absolute Gasteiger partial charge is 0.142 e. The average Bonchev–Trinajstić information content (AvgIpc) is 2.26. The van der Waals surface area contributed by atoms with Gasteiger partial charge in [0.25, 0.3) is 0 Å². The molecule has 0 aromatic rings. The summed E-state index contributed by atoms with van der Waals surface area (Å²) in [5.74, 6) is 0. The summed E-state index contributed by atoms with van der Waals surface area (Å²) in [6.07, 6.45) is 19.8. The molecule has 0 aliphatic heterocycles. The van der Waals surface area contributed by atoms with Crippen molar-refractivity contribution < 1.29 is 4.79 Å². The molecule has 0 aliphatic rings. The number of aldehydes is 1. The lowest BCUT2D eigenvalue weighted by Crippen LogP contribution is -1.69. The molecule has 0 fully saturated rings. The van der Waals surface area contributed by atoms with Crippen LogP contribution < -0.4 is 0 Å². The summed E-state index contributed by atoms with van der Waals surface area (Å²) in [5.41, 5.74) is 0. The molecule has 0 N–H and O–H groups in total. The van der Waals surface area contributed by atoms with Crippen molar-refractivity contribution in [2.24, 2.45) is 0 Å². The molecule has 0 saturated carbocycles. The van der Waals surface area contributed by atoms with Crippen molar-refractivity contribution in [1.29, 1.82) is 0 Å². The van der Waals surface area contributed by atoms with Gasteiger partial charge in [0.2, 0.25) is 0 Å². The first-order chi connectivity index (χ1) is 7.41. The minimum Gasteiger partial charge on any atom is -0.299 e. The normalized spacial score (nSPS) is 12.1. The van der Waals surface area contributed by atoms with Crippen LogP contribution in [0.5, 0.6) is 0 Å². The van der Waals surface area contributed by atoms with Gasteiger partial charge < -0.3 is 0 Å². The molecule has 0 rings (SSSR count). The predicted molar refractivity (Wildman–Crippen MR) is 66.9 cm³/mol. The minimum absolute atomic E-state index is 0.826. The summed E-state index contributed by atoms with van der Waals surface area (Å²) >= 11 is 0. The minimum atomic E-state index is 0.826. The number of hydrogen-bond acceptors (Lipinski definition) is 1. The van der Waals surface area contributed by atoms with Gasteiger partial charge in [-0.05, 0) is 31.8 Å². The fourth-order valence-electron chi connectivity index (χ4n) is 1.18. The summed E-state index contributed by atoms with van der Waals surface area (Å²) in [5, 5.41) is 0. The molecule has 0 atom stereocenters. The number of carbonyl (C=O) groups is 1. The quantitative estimate of drug-likeness (QED) is 0.239. The third kappa shape index (κ3) is 12.9. The van der Waals surface area contributed by atoms with Crippen LogP contribution in [0.25, 0.3) is 0 Å². The number of hydrogen-bond donors (Lipinski definition) is 0. The van der Waals surface area contributed by atoms with Crippen LogP contribution in [0.4, 0.5) is 0 Å². The molecular formula is C14H22O. The van der Waals surface area contributed by atoms with E-state index in [1.54, 1.807) is 6.08 Å². The molecule has 0 amide bonds. The second-order valence-electron chi connectivity index (χ2n) is 3.49.